The minimum absolute atomic E-state index is 0.00750. The van der Waals surface area contributed by atoms with Crippen LogP contribution in [0, 0.1) is 0 Å². The maximum atomic E-state index is 12.0. The van der Waals surface area contributed by atoms with Crippen molar-refractivity contribution in [2.75, 3.05) is 26.7 Å². The predicted octanol–water partition coefficient (Wildman–Crippen LogP) is 1.79. The standard InChI is InChI=1S/C14H19BrN2O2/c1-14(9-16-10-14)19-8-13(18)17(2)7-11-4-3-5-12(15)6-11/h3-6,16H,7-10H2,1-2H3. The smallest absolute Gasteiger partial charge is 0.248 e. The summed E-state index contributed by atoms with van der Waals surface area (Å²) in [6, 6.07) is 7.96. The molecule has 0 saturated carbocycles. The van der Waals surface area contributed by atoms with Crippen LogP contribution in [0.25, 0.3) is 0 Å². The first-order valence-corrected chi connectivity index (χ1v) is 7.11. The number of carbonyl (C=O) groups excluding carboxylic acids is 1. The Bertz CT molecular complexity index is 461. The summed E-state index contributed by atoms with van der Waals surface area (Å²) in [6.07, 6.45) is 0. The molecule has 0 radical (unpaired) electrons. The Labute approximate surface area is 122 Å². The first kappa shape index (κ1) is 14.5. The van der Waals surface area contributed by atoms with Crippen LogP contribution in [0.3, 0.4) is 0 Å². The van der Waals surface area contributed by atoms with E-state index in [0.29, 0.717) is 6.54 Å². The highest BCUT2D eigenvalue weighted by atomic mass is 79.9. The van der Waals surface area contributed by atoms with E-state index in [-0.39, 0.29) is 18.1 Å². The van der Waals surface area contributed by atoms with Crippen molar-refractivity contribution >= 4 is 21.8 Å². The SMILES string of the molecule is CN(Cc1cccc(Br)c1)C(=O)COC1(C)CNC1. The van der Waals surface area contributed by atoms with Crippen LogP contribution < -0.4 is 5.32 Å². The first-order chi connectivity index (χ1) is 8.98. The zero-order valence-electron chi connectivity index (χ0n) is 11.3. The lowest BCUT2D eigenvalue weighted by Crippen LogP contribution is -2.59. The molecule has 0 spiro atoms. The number of halogens is 1. The van der Waals surface area contributed by atoms with Gasteiger partial charge in [-0.15, -0.1) is 0 Å². The van der Waals surface area contributed by atoms with Crippen molar-refractivity contribution in [3.05, 3.63) is 34.3 Å². The number of hydrogen-bond acceptors (Lipinski definition) is 3. The van der Waals surface area contributed by atoms with Crippen molar-refractivity contribution < 1.29 is 9.53 Å². The number of benzene rings is 1. The molecule has 1 heterocycles. The molecule has 0 aromatic heterocycles. The van der Waals surface area contributed by atoms with Crippen molar-refractivity contribution in [3.8, 4) is 0 Å². The summed E-state index contributed by atoms with van der Waals surface area (Å²) in [5.74, 6) is 0.00750. The lowest BCUT2D eigenvalue weighted by Gasteiger charge is -2.39. The first-order valence-electron chi connectivity index (χ1n) is 6.32. The molecule has 104 valence electrons. The average Bonchev–Trinajstić information content (AvgIpc) is 2.33. The van der Waals surface area contributed by atoms with E-state index in [9.17, 15) is 4.79 Å². The maximum absolute atomic E-state index is 12.0. The van der Waals surface area contributed by atoms with Gasteiger partial charge in [-0.25, -0.2) is 0 Å². The van der Waals surface area contributed by atoms with Gasteiger partial charge < -0.3 is 15.0 Å². The second-order valence-corrected chi connectivity index (χ2v) is 6.14. The summed E-state index contributed by atoms with van der Waals surface area (Å²) in [6.45, 7) is 4.38. The van der Waals surface area contributed by atoms with Gasteiger partial charge in [-0.3, -0.25) is 4.79 Å². The average molecular weight is 327 g/mol. The van der Waals surface area contributed by atoms with E-state index in [0.717, 1.165) is 23.1 Å². The van der Waals surface area contributed by atoms with Crippen molar-refractivity contribution in [2.24, 2.45) is 0 Å². The maximum Gasteiger partial charge on any atom is 0.248 e. The number of nitrogens with zero attached hydrogens (tertiary/aromatic N) is 1. The Hall–Kier alpha value is -0.910. The second-order valence-electron chi connectivity index (χ2n) is 5.22. The van der Waals surface area contributed by atoms with Crippen LogP contribution in [0.4, 0.5) is 0 Å². The number of nitrogens with one attached hydrogen (secondary N) is 1. The minimum Gasteiger partial charge on any atom is -0.363 e. The number of amides is 1. The number of likely N-dealkylation sites (N-methyl/N-ethyl adjacent to an activating group) is 1. The Morgan fingerprint density at radius 2 is 2.26 bits per heavy atom. The van der Waals surface area contributed by atoms with E-state index >= 15 is 0 Å². The van der Waals surface area contributed by atoms with Crippen LogP contribution in [0.1, 0.15) is 12.5 Å². The largest absolute Gasteiger partial charge is 0.363 e. The fraction of sp³-hybridized carbons (Fsp3) is 0.500. The molecular weight excluding hydrogens is 308 g/mol. The van der Waals surface area contributed by atoms with Crippen molar-refractivity contribution in [3.63, 3.8) is 0 Å². The molecular formula is C14H19BrN2O2. The third kappa shape index (κ3) is 4.03. The molecule has 1 aliphatic heterocycles. The fourth-order valence-electron chi connectivity index (χ4n) is 1.92. The Kier molecular flexibility index (Phi) is 4.60. The second kappa shape index (κ2) is 6.03. The van der Waals surface area contributed by atoms with Gasteiger partial charge in [-0.05, 0) is 24.6 Å². The molecule has 1 aliphatic rings. The number of carbonyl (C=O) groups is 1. The quantitative estimate of drug-likeness (QED) is 0.896. The summed E-state index contributed by atoms with van der Waals surface area (Å²) >= 11 is 3.43. The Morgan fingerprint density at radius 1 is 1.53 bits per heavy atom. The van der Waals surface area contributed by atoms with E-state index in [1.54, 1.807) is 11.9 Å². The molecule has 1 amide bonds. The van der Waals surface area contributed by atoms with E-state index in [4.69, 9.17) is 4.74 Å². The lowest BCUT2D eigenvalue weighted by molar-refractivity contribution is -0.145. The van der Waals surface area contributed by atoms with Crippen molar-refractivity contribution in [1.82, 2.24) is 10.2 Å². The molecule has 1 aromatic rings. The highest BCUT2D eigenvalue weighted by molar-refractivity contribution is 9.10. The van der Waals surface area contributed by atoms with Gasteiger partial charge in [0.1, 0.15) is 6.61 Å². The van der Waals surface area contributed by atoms with E-state index in [2.05, 4.69) is 21.2 Å². The zero-order chi connectivity index (χ0) is 13.9. The summed E-state index contributed by atoms with van der Waals surface area (Å²) in [4.78, 5) is 13.7. The molecule has 5 heteroatoms. The number of rotatable bonds is 5. The van der Waals surface area contributed by atoms with Crippen molar-refractivity contribution in [1.29, 1.82) is 0 Å². The fourth-order valence-corrected chi connectivity index (χ4v) is 2.37. The van der Waals surface area contributed by atoms with Gasteiger partial charge in [0.25, 0.3) is 0 Å². The van der Waals surface area contributed by atoms with Crippen LogP contribution in [-0.2, 0) is 16.1 Å². The summed E-state index contributed by atoms with van der Waals surface area (Å²) in [5.41, 5.74) is 0.925. The molecule has 1 N–H and O–H groups in total. The lowest BCUT2D eigenvalue weighted by atomic mass is 10.0. The third-order valence-electron chi connectivity index (χ3n) is 3.28. The predicted molar refractivity (Wildman–Crippen MR) is 77.8 cm³/mol. The van der Waals surface area contributed by atoms with E-state index < -0.39 is 0 Å². The van der Waals surface area contributed by atoms with Gasteiger partial charge in [0.15, 0.2) is 0 Å². The molecule has 1 saturated heterocycles. The van der Waals surface area contributed by atoms with Gasteiger partial charge in [0.2, 0.25) is 5.91 Å². The molecule has 0 atom stereocenters. The third-order valence-corrected chi connectivity index (χ3v) is 3.77. The molecule has 2 rings (SSSR count). The van der Waals surface area contributed by atoms with Crippen LogP contribution >= 0.6 is 15.9 Å². The van der Waals surface area contributed by atoms with Crippen LogP contribution in [0.2, 0.25) is 0 Å². The van der Waals surface area contributed by atoms with Crippen LogP contribution in [0.5, 0.6) is 0 Å². The highest BCUT2D eigenvalue weighted by Crippen LogP contribution is 2.16. The van der Waals surface area contributed by atoms with Gasteiger partial charge in [-0.2, -0.15) is 0 Å². The number of hydrogen-bond donors (Lipinski definition) is 1. The molecule has 4 nitrogen and oxygen atoms in total. The topological polar surface area (TPSA) is 41.6 Å². The molecule has 1 aromatic carbocycles. The summed E-state index contributed by atoms with van der Waals surface area (Å²) in [7, 11) is 1.80. The Morgan fingerprint density at radius 3 is 2.84 bits per heavy atom. The van der Waals surface area contributed by atoms with E-state index in [1.165, 1.54) is 0 Å². The Balaban J connectivity index is 1.82. The zero-order valence-corrected chi connectivity index (χ0v) is 12.9. The van der Waals surface area contributed by atoms with Gasteiger partial charge in [-0.1, -0.05) is 28.1 Å². The van der Waals surface area contributed by atoms with Gasteiger partial charge >= 0.3 is 0 Å². The van der Waals surface area contributed by atoms with Gasteiger partial charge in [0, 0.05) is 31.2 Å². The summed E-state index contributed by atoms with van der Waals surface area (Å²) in [5, 5.41) is 3.15. The van der Waals surface area contributed by atoms with E-state index in [1.807, 2.05) is 31.2 Å². The summed E-state index contributed by atoms with van der Waals surface area (Å²) < 4.78 is 6.67. The molecule has 19 heavy (non-hydrogen) atoms. The van der Waals surface area contributed by atoms with Crippen LogP contribution in [0.15, 0.2) is 28.7 Å². The van der Waals surface area contributed by atoms with Crippen LogP contribution in [-0.4, -0.2) is 43.2 Å². The van der Waals surface area contributed by atoms with Gasteiger partial charge in [0.05, 0.1) is 5.60 Å². The molecule has 0 bridgehead atoms. The minimum atomic E-state index is -0.174. The molecule has 0 aliphatic carbocycles. The monoisotopic (exact) mass is 326 g/mol. The highest BCUT2D eigenvalue weighted by Gasteiger charge is 2.33. The molecule has 0 unspecified atom stereocenters. The normalized spacial score (nSPS) is 16.8. The molecule has 1 fully saturated rings. The number of ether oxygens (including phenoxy) is 1. The van der Waals surface area contributed by atoms with Crippen molar-refractivity contribution in [2.45, 2.75) is 19.1 Å².